The first-order chi connectivity index (χ1) is 5.83. The quantitative estimate of drug-likeness (QED) is 0.641. The third-order valence-electron chi connectivity index (χ3n) is 2.34. The molecule has 0 aromatic rings. The van der Waals surface area contributed by atoms with E-state index in [9.17, 15) is 0 Å². The summed E-state index contributed by atoms with van der Waals surface area (Å²) in [7, 11) is 4.19. The van der Waals surface area contributed by atoms with Crippen molar-refractivity contribution < 1.29 is 0 Å². The molecular formula is C9H20N3. The summed E-state index contributed by atoms with van der Waals surface area (Å²) >= 11 is 0. The van der Waals surface area contributed by atoms with Crippen LogP contribution >= 0.6 is 0 Å². The van der Waals surface area contributed by atoms with Gasteiger partial charge >= 0.3 is 0 Å². The zero-order chi connectivity index (χ0) is 8.81. The number of hydrogen-bond donors (Lipinski definition) is 1. The lowest BCUT2D eigenvalue weighted by atomic mass is 10.2. The van der Waals surface area contributed by atoms with E-state index in [0.717, 1.165) is 19.6 Å². The Labute approximate surface area is 75.5 Å². The highest BCUT2D eigenvalue weighted by molar-refractivity contribution is 4.74. The van der Waals surface area contributed by atoms with Gasteiger partial charge in [-0.3, -0.25) is 0 Å². The summed E-state index contributed by atoms with van der Waals surface area (Å²) in [6.45, 7) is 4.49. The highest BCUT2D eigenvalue weighted by Crippen LogP contribution is 2.01. The Hall–Kier alpha value is -0.120. The first kappa shape index (κ1) is 9.96. The van der Waals surface area contributed by atoms with Gasteiger partial charge in [-0.05, 0) is 40.0 Å². The monoisotopic (exact) mass is 170 g/mol. The van der Waals surface area contributed by atoms with E-state index in [0.29, 0.717) is 6.04 Å². The van der Waals surface area contributed by atoms with Crippen LogP contribution in [0.2, 0.25) is 0 Å². The fourth-order valence-electron chi connectivity index (χ4n) is 1.62. The predicted octanol–water partition coefficient (Wildman–Crippen LogP) is -0.0956. The van der Waals surface area contributed by atoms with Crippen molar-refractivity contribution in [2.45, 2.75) is 18.9 Å². The molecule has 1 unspecified atom stereocenters. The molecular weight excluding hydrogens is 150 g/mol. The molecule has 1 saturated heterocycles. The molecule has 3 heteroatoms. The Morgan fingerprint density at radius 1 is 1.58 bits per heavy atom. The minimum Gasteiger partial charge on any atom is -0.320 e. The summed E-state index contributed by atoms with van der Waals surface area (Å²) in [5.74, 6) is 0. The maximum atomic E-state index is 4.63. The Morgan fingerprint density at radius 2 is 2.42 bits per heavy atom. The van der Waals surface area contributed by atoms with Gasteiger partial charge in [0.2, 0.25) is 0 Å². The lowest BCUT2D eigenvalue weighted by Crippen LogP contribution is -2.34. The molecule has 1 radical (unpaired) electrons. The number of rotatable bonds is 3. The zero-order valence-corrected chi connectivity index (χ0v) is 8.21. The van der Waals surface area contributed by atoms with E-state index in [4.69, 9.17) is 0 Å². The van der Waals surface area contributed by atoms with Crippen molar-refractivity contribution in [2.75, 3.05) is 40.3 Å². The predicted molar refractivity (Wildman–Crippen MR) is 51.4 cm³/mol. The Balaban J connectivity index is 2.21. The van der Waals surface area contributed by atoms with Crippen LogP contribution in [-0.2, 0) is 0 Å². The van der Waals surface area contributed by atoms with E-state index in [1.54, 1.807) is 0 Å². The Morgan fingerprint density at radius 3 is 3.17 bits per heavy atom. The first-order valence-corrected chi connectivity index (χ1v) is 4.82. The Kier molecular flexibility index (Phi) is 4.58. The minimum atomic E-state index is 0.560. The van der Waals surface area contributed by atoms with Gasteiger partial charge in [-0.1, -0.05) is 0 Å². The third-order valence-corrected chi connectivity index (χ3v) is 2.34. The molecule has 71 valence electrons. The van der Waals surface area contributed by atoms with Crippen LogP contribution < -0.4 is 10.6 Å². The van der Waals surface area contributed by atoms with Crippen molar-refractivity contribution in [3.8, 4) is 0 Å². The van der Waals surface area contributed by atoms with Crippen LogP contribution in [0.3, 0.4) is 0 Å². The van der Waals surface area contributed by atoms with Gasteiger partial charge < -0.3 is 10.2 Å². The molecule has 0 bridgehead atoms. The molecule has 0 saturated carbocycles. The largest absolute Gasteiger partial charge is 0.320 e. The highest BCUT2D eigenvalue weighted by Gasteiger charge is 2.14. The topological polar surface area (TPSA) is 29.4 Å². The van der Waals surface area contributed by atoms with Gasteiger partial charge in [0, 0.05) is 19.1 Å². The van der Waals surface area contributed by atoms with Crippen molar-refractivity contribution in [1.29, 1.82) is 0 Å². The molecule has 0 aromatic heterocycles. The molecule has 3 nitrogen and oxygen atoms in total. The molecule has 1 aliphatic rings. The third kappa shape index (κ3) is 3.52. The highest BCUT2D eigenvalue weighted by atomic mass is 15.1. The molecule has 12 heavy (non-hydrogen) atoms. The van der Waals surface area contributed by atoms with Crippen LogP contribution in [0.5, 0.6) is 0 Å². The molecule has 1 aliphatic heterocycles. The SMILES string of the molecule is CNCCC1CN(C)CCC[N]1. The first-order valence-electron chi connectivity index (χ1n) is 4.82. The van der Waals surface area contributed by atoms with E-state index >= 15 is 0 Å². The van der Waals surface area contributed by atoms with Crippen molar-refractivity contribution in [1.82, 2.24) is 15.5 Å². The van der Waals surface area contributed by atoms with Crippen molar-refractivity contribution in [3.63, 3.8) is 0 Å². The number of hydrogen-bond acceptors (Lipinski definition) is 2. The van der Waals surface area contributed by atoms with Gasteiger partial charge in [0.25, 0.3) is 0 Å². The van der Waals surface area contributed by atoms with Crippen molar-refractivity contribution in [3.05, 3.63) is 0 Å². The van der Waals surface area contributed by atoms with Gasteiger partial charge in [0.15, 0.2) is 0 Å². The smallest absolute Gasteiger partial charge is 0.0385 e. The Bertz CT molecular complexity index is 116. The summed E-state index contributed by atoms with van der Waals surface area (Å²) < 4.78 is 0. The second kappa shape index (κ2) is 5.51. The lowest BCUT2D eigenvalue weighted by Gasteiger charge is -2.18. The number of nitrogens with one attached hydrogen (secondary N) is 1. The summed E-state index contributed by atoms with van der Waals surface area (Å²) in [4.78, 5) is 2.39. The second-order valence-corrected chi connectivity index (χ2v) is 3.57. The van der Waals surface area contributed by atoms with E-state index in [2.05, 4.69) is 22.6 Å². The van der Waals surface area contributed by atoms with Crippen LogP contribution in [0.25, 0.3) is 0 Å². The fourth-order valence-corrected chi connectivity index (χ4v) is 1.62. The van der Waals surface area contributed by atoms with Gasteiger partial charge in [-0.2, -0.15) is 0 Å². The van der Waals surface area contributed by atoms with Gasteiger partial charge in [-0.15, -0.1) is 0 Å². The molecule has 1 atom stereocenters. The van der Waals surface area contributed by atoms with Crippen molar-refractivity contribution >= 4 is 0 Å². The summed E-state index contributed by atoms with van der Waals surface area (Å²) in [6, 6.07) is 0.560. The lowest BCUT2D eigenvalue weighted by molar-refractivity contribution is 0.314. The van der Waals surface area contributed by atoms with Crippen molar-refractivity contribution in [2.24, 2.45) is 0 Å². The maximum Gasteiger partial charge on any atom is 0.0385 e. The molecule has 1 N–H and O–H groups in total. The molecule has 1 rings (SSSR count). The molecule has 1 fully saturated rings. The van der Waals surface area contributed by atoms with Crippen LogP contribution in [-0.4, -0.2) is 51.2 Å². The van der Waals surface area contributed by atoms with Crippen LogP contribution in [0.4, 0.5) is 0 Å². The van der Waals surface area contributed by atoms with E-state index in [1.165, 1.54) is 19.4 Å². The normalized spacial score (nSPS) is 27.0. The summed E-state index contributed by atoms with van der Waals surface area (Å²) in [6.07, 6.45) is 2.41. The average Bonchev–Trinajstić information content (AvgIpc) is 2.26. The fraction of sp³-hybridized carbons (Fsp3) is 1.00. The van der Waals surface area contributed by atoms with Gasteiger partial charge in [0.1, 0.15) is 0 Å². The molecule has 0 aromatic carbocycles. The molecule has 0 aliphatic carbocycles. The summed E-state index contributed by atoms with van der Waals surface area (Å²) in [5, 5.41) is 7.80. The van der Waals surface area contributed by atoms with E-state index < -0.39 is 0 Å². The number of nitrogens with zero attached hydrogens (tertiary/aromatic N) is 2. The zero-order valence-electron chi connectivity index (χ0n) is 8.21. The van der Waals surface area contributed by atoms with E-state index in [1.807, 2.05) is 7.05 Å². The van der Waals surface area contributed by atoms with Crippen LogP contribution in [0.15, 0.2) is 0 Å². The minimum absolute atomic E-state index is 0.560. The van der Waals surface area contributed by atoms with Crippen LogP contribution in [0.1, 0.15) is 12.8 Å². The number of likely N-dealkylation sites (N-methyl/N-ethyl adjacent to an activating group) is 1. The second-order valence-electron chi connectivity index (χ2n) is 3.57. The molecule has 0 amide bonds. The average molecular weight is 170 g/mol. The van der Waals surface area contributed by atoms with Crippen LogP contribution in [0, 0.1) is 0 Å². The van der Waals surface area contributed by atoms with Gasteiger partial charge in [0.05, 0.1) is 0 Å². The summed E-state index contributed by atoms with van der Waals surface area (Å²) in [5.41, 5.74) is 0. The van der Waals surface area contributed by atoms with Gasteiger partial charge in [-0.25, -0.2) is 5.32 Å². The molecule has 0 spiro atoms. The van der Waals surface area contributed by atoms with E-state index in [-0.39, 0.29) is 0 Å². The standard InChI is InChI=1S/C9H20N3/c1-10-6-4-9-8-12(2)7-3-5-11-9/h9-10H,3-8H2,1-2H3. The maximum absolute atomic E-state index is 4.63. The molecule has 1 heterocycles.